The Bertz CT molecular complexity index is 1540. The van der Waals surface area contributed by atoms with E-state index in [9.17, 15) is 22.4 Å². The summed E-state index contributed by atoms with van der Waals surface area (Å²) in [4.78, 5) is 23.7. The van der Waals surface area contributed by atoms with Crippen LogP contribution in [0, 0.1) is 12.7 Å². The monoisotopic (exact) mass is 596 g/mol. The summed E-state index contributed by atoms with van der Waals surface area (Å²) in [5, 5.41) is 11.7. The highest BCUT2D eigenvalue weighted by atomic mass is 35.5. The Balaban J connectivity index is 2.07. The Morgan fingerprint density at radius 1 is 1.03 bits per heavy atom. The number of aryl methyl sites for hydroxylation is 1. The quantitative estimate of drug-likeness (QED) is 0.243. The summed E-state index contributed by atoms with van der Waals surface area (Å²) in [5.41, 5.74) is 0.0678. The number of carbonyl (C=O) groups excluding carboxylic acids is 1. The SMILES string of the molecule is CCC(C)(C)NC(=O)c1ccc(Oc2cc(F)c(CC(=O)O)cc2Cl)c(NS(=O)(=O)c2ccc(C)cc2Cl)c1. The Labute approximate surface area is 236 Å². The van der Waals surface area contributed by atoms with Gasteiger partial charge in [0, 0.05) is 22.7 Å². The van der Waals surface area contributed by atoms with E-state index in [1.54, 1.807) is 13.0 Å². The normalized spacial score (nSPS) is 11.7. The summed E-state index contributed by atoms with van der Waals surface area (Å²) >= 11 is 12.4. The summed E-state index contributed by atoms with van der Waals surface area (Å²) < 4.78 is 49.2. The summed E-state index contributed by atoms with van der Waals surface area (Å²) in [5.74, 6) is -2.86. The van der Waals surface area contributed by atoms with Crippen molar-refractivity contribution in [3.63, 3.8) is 0 Å². The fourth-order valence-corrected chi connectivity index (χ4v) is 5.28. The number of hydrogen-bond acceptors (Lipinski definition) is 5. The Hall–Kier alpha value is -3.34. The number of carboxylic acids is 1. The van der Waals surface area contributed by atoms with Crippen LogP contribution in [0.1, 0.15) is 48.7 Å². The molecule has 0 saturated carbocycles. The predicted molar refractivity (Wildman–Crippen MR) is 148 cm³/mol. The molecule has 0 aliphatic carbocycles. The third kappa shape index (κ3) is 7.62. The largest absolute Gasteiger partial charge is 0.481 e. The number of anilines is 1. The molecular weight excluding hydrogens is 570 g/mol. The van der Waals surface area contributed by atoms with E-state index in [0.29, 0.717) is 6.42 Å². The standard InChI is InChI=1S/C27H27Cl2FN2O6S/c1-5-27(3,4)31-26(35)16-7-8-22(38-23-14-20(30)17(11-18(23)28)13-25(33)34)21(12-16)32-39(36,37)24-9-6-15(2)10-19(24)29/h6-12,14,32H,5,13H2,1-4H3,(H,31,35)(H,33,34). The average molecular weight is 597 g/mol. The smallest absolute Gasteiger partial charge is 0.307 e. The first-order chi connectivity index (χ1) is 18.1. The molecule has 1 amide bonds. The van der Waals surface area contributed by atoms with Crippen molar-refractivity contribution in [3.05, 3.63) is 81.1 Å². The van der Waals surface area contributed by atoms with Crippen LogP contribution in [0.15, 0.2) is 53.4 Å². The van der Waals surface area contributed by atoms with E-state index in [0.717, 1.165) is 17.7 Å². The van der Waals surface area contributed by atoms with Crippen LogP contribution in [0.4, 0.5) is 10.1 Å². The van der Waals surface area contributed by atoms with E-state index in [2.05, 4.69) is 10.0 Å². The van der Waals surface area contributed by atoms with Crippen molar-refractivity contribution in [2.24, 2.45) is 0 Å². The minimum absolute atomic E-state index is 0.0114. The minimum Gasteiger partial charge on any atom is -0.481 e. The lowest BCUT2D eigenvalue weighted by atomic mass is 10.0. The number of halogens is 3. The van der Waals surface area contributed by atoms with E-state index >= 15 is 0 Å². The lowest BCUT2D eigenvalue weighted by molar-refractivity contribution is -0.136. The second-order valence-corrected chi connectivity index (χ2v) is 12.0. The number of carboxylic acid groups (broad SMARTS) is 1. The molecule has 3 aromatic carbocycles. The first kappa shape index (κ1) is 30.2. The molecule has 0 atom stereocenters. The molecule has 12 heteroatoms. The Morgan fingerprint density at radius 3 is 2.33 bits per heavy atom. The maximum Gasteiger partial charge on any atom is 0.307 e. The molecule has 0 radical (unpaired) electrons. The average Bonchev–Trinajstić information content (AvgIpc) is 2.82. The van der Waals surface area contributed by atoms with Gasteiger partial charge in [-0.2, -0.15) is 0 Å². The van der Waals surface area contributed by atoms with Gasteiger partial charge in [0.05, 0.1) is 22.2 Å². The van der Waals surface area contributed by atoms with Crippen LogP contribution in [-0.4, -0.2) is 30.9 Å². The van der Waals surface area contributed by atoms with Crippen molar-refractivity contribution < 1.29 is 32.2 Å². The number of nitrogens with one attached hydrogen (secondary N) is 2. The van der Waals surface area contributed by atoms with E-state index in [1.165, 1.54) is 30.3 Å². The second-order valence-electron chi connectivity index (χ2n) is 9.49. The predicted octanol–water partition coefficient (Wildman–Crippen LogP) is 6.58. The van der Waals surface area contributed by atoms with Crippen LogP contribution < -0.4 is 14.8 Å². The van der Waals surface area contributed by atoms with Gasteiger partial charge in [-0.05, 0) is 69.2 Å². The highest BCUT2D eigenvalue weighted by Crippen LogP contribution is 2.37. The van der Waals surface area contributed by atoms with Crippen LogP contribution in [-0.2, 0) is 21.2 Å². The van der Waals surface area contributed by atoms with Crippen molar-refractivity contribution in [3.8, 4) is 11.5 Å². The van der Waals surface area contributed by atoms with Gasteiger partial charge in [-0.1, -0.05) is 36.2 Å². The third-order valence-corrected chi connectivity index (χ3v) is 8.01. The maximum atomic E-state index is 14.5. The highest BCUT2D eigenvalue weighted by Gasteiger charge is 2.24. The molecule has 0 unspecified atom stereocenters. The van der Waals surface area contributed by atoms with Gasteiger partial charge in [0.25, 0.3) is 15.9 Å². The maximum absolute atomic E-state index is 14.5. The molecule has 0 aliphatic rings. The van der Waals surface area contributed by atoms with Gasteiger partial charge < -0.3 is 15.2 Å². The van der Waals surface area contributed by atoms with Crippen molar-refractivity contribution >= 4 is 50.8 Å². The molecule has 0 saturated heterocycles. The molecule has 0 aromatic heterocycles. The number of amides is 1. The highest BCUT2D eigenvalue weighted by molar-refractivity contribution is 7.92. The summed E-state index contributed by atoms with van der Waals surface area (Å²) in [6.45, 7) is 7.35. The van der Waals surface area contributed by atoms with Gasteiger partial charge in [-0.15, -0.1) is 0 Å². The Morgan fingerprint density at radius 2 is 1.72 bits per heavy atom. The van der Waals surface area contributed by atoms with Crippen molar-refractivity contribution in [1.82, 2.24) is 5.32 Å². The molecule has 3 N–H and O–H groups in total. The molecule has 208 valence electrons. The topological polar surface area (TPSA) is 122 Å². The van der Waals surface area contributed by atoms with Crippen LogP contribution in [0.25, 0.3) is 0 Å². The zero-order valence-corrected chi connectivity index (χ0v) is 23.9. The first-order valence-electron chi connectivity index (χ1n) is 11.7. The van der Waals surface area contributed by atoms with Crippen molar-refractivity contribution in [2.75, 3.05) is 4.72 Å². The molecule has 0 spiro atoms. The van der Waals surface area contributed by atoms with Gasteiger partial charge in [0.1, 0.15) is 16.5 Å². The van der Waals surface area contributed by atoms with Gasteiger partial charge in [-0.25, -0.2) is 12.8 Å². The lowest BCUT2D eigenvalue weighted by Crippen LogP contribution is -2.42. The minimum atomic E-state index is -4.26. The molecule has 3 aromatic rings. The fraction of sp³-hybridized carbons (Fsp3) is 0.259. The summed E-state index contributed by atoms with van der Waals surface area (Å²) in [7, 11) is -4.26. The van der Waals surface area contributed by atoms with E-state index in [-0.39, 0.29) is 43.3 Å². The van der Waals surface area contributed by atoms with Crippen LogP contribution >= 0.6 is 23.2 Å². The molecule has 3 rings (SSSR count). The number of benzene rings is 3. The Kier molecular flexibility index (Phi) is 9.15. The first-order valence-corrected chi connectivity index (χ1v) is 14.0. The zero-order chi connectivity index (χ0) is 29.1. The summed E-state index contributed by atoms with van der Waals surface area (Å²) in [6, 6.07) is 10.5. The number of carbonyl (C=O) groups is 2. The van der Waals surface area contributed by atoms with Gasteiger partial charge >= 0.3 is 5.97 Å². The van der Waals surface area contributed by atoms with Gasteiger partial charge in [0.2, 0.25) is 0 Å². The number of sulfonamides is 1. The van der Waals surface area contributed by atoms with E-state index in [4.69, 9.17) is 33.0 Å². The van der Waals surface area contributed by atoms with E-state index < -0.39 is 39.7 Å². The molecule has 0 heterocycles. The molecular formula is C27H27Cl2FN2O6S. The number of hydrogen-bond donors (Lipinski definition) is 3. The number of aliphatic carboxylic acids is 1. The van der Waals surface area contributed by atoms with Crippen molar-refractivity contribution in [1.29, 1.82) is 0 Å². The fourth-order valence-electron chi connectivity index (χ4n) is 3.40. The molecule has 39 heavy (non-hydrogen) atoms. The van der Waals surface area contributed by atoms with Crippen LogP contribution in [0.5, 0.6) is 11.5 Å². The second kappa shape index (κ2) is 11.8. The van der Waals surface area contributed by atoms with Gasteiger partial charge in [-0.3, -0.25) is 14.3 Å². The molecule has 0 bridgehead atoms. The molecule has 0 aliphatic heterocycles. The molecule has 0 fully saturated rings. The van der Waals surface area contributed by atoms with Crippen LogP contribution in [0.3, 0.4) is 0 Å². The van der Waals surface area contributed by atoms with Crippen LogP contribution in [0.2, 0.25) is 10.0 Å². The number of ether oxygens (including phenoxy) is 1. The zero-order valence-electron chi connectivity index (χ0n) is 21.6. The van der Waals surface area contributed by atoms with E-state index in [1.807, 2.05) is 20.8 Å². The summed E-state index contributed by atoms with van der Waals surface area (Å²) in [6.07, 6.45) is 0.0549. The molecule has 8 nitrogen and oxygen atoms in total. The number of rotatable bonds is 10. The van der Waals surface area contributed by atoms with Gasteiger partial charge in [0.15, 0.2) is 5.75 Å². The lowest BCUT2D eigenvalue weighted by Gasteiger charge is -2.24. The third-order valence-electron chi connectivity index (χ3n) is 5.86. The van der Waals surface area contributed by atoms with Crippen molar-refractivity contribution in [2.45, 2.75) is 51.0 Å².